The maximum absolute atomic E-state index is 12.7. The van der Waals surface area contributed by atoms with Gasteiger partial charge in [0, 0.05) is 43.6 Å². The Morgan fingerprint density at radius 3 is 2.23 bits per heavy atom. The number of aromatic amines is 1. The molecule has 1 aromatic heterocycles. The van der Waals surface area contributed by atoms with Crippen molar-refractivity contribution in [1.82, 2.24) is 14.8 Å². The molecule has 0 saturated carbocycles. The van der Waals surface area contributed by atoms with Gasteiger partial charge in [-0.3, -0.25) is 9.59 Å². The van der Waals surface area contributed by atoms with Crippen LogP contribution < -0.4 is 0 Å². The highest BCUT2D eigenvalue weighted by Crippen LogP contribution is 2.13. The molecule has 1 aromatic carbocycles. The molecule has 0 radical (unpaired) electrons. The van der Waals surface area contributed by atoms with E-state index in [1.165, 1.54) is 5.56 Å². The van der Waals surface area contributed by atoms with Crippen molar-refractivity contribution in [2.45, 2.75) is 26.7 Å². The largest absolute Gasteiger partial charge is 0.365 e. The topological polar surface area (TPSA) is 56.4 Å². The minimum Gasteiger partial charge on any atom is -0.365 e. The standard InChI is InChI=1S/C21H27N3O2/c1-16(2)14-17-5-7-18(8-6-17)21(26)24-12-10-23(11-13-24)20(25)15-19-4-3-9-22-19/h3-9,16,22H,10-15H2,1-2H3. The highest BCUT2D eigenvalue weighted by Gasteiger charge is 2.25. The summed E-state index contributed by atoms with van der Waals surface area (Å²) in [6, 6.07) is 11.7. The zero-order chi connectivity index (χ0) is 18.5. The van der Waals surface area contributed by atoms with Crippen molar-refractivity contribution in [3.8, 4) is 0 Å². The average molecular weight is 353 g/mol. The third kappa shape index (κ3) is 4.54. The first-order chi connectivity index (χ1) is 12.5. The van der Waals surface area contributed by atoms with E-state index in [2.05, 4.69) is 18.8 Å². The third-order valence-corrected chi connectivity index (χ3v) is 4.77. The highest BCUT2D eigenvalue weighted by molar-refractivity contribution is 5.94. The number of H-pyrrole nitrogens is 1. The van der Waals surface area contributed by atoms with Gasteiger partial charge in [0.05, 0.1) is 6.42 Å². The van der Waals surface area contributed by atoms with Crippen LogP contribution in [0, 0.1) is 5.92 Å². The van der Waals surface area contributed by atoms with Crippen LogP contribution >= 0.6 is 0 Å². The molecule has 5 nitrogen and oxygen atoms in total. The van der Waals surface area contributed by atoms with E-state index in [0.29, 0.717) is 38.5 Å². The number of hydrogen-bond donors (Lipinski definition) is 1. The molecule has 1 N–H and O–H groups in total. The zero-order valence-corrected chi connectivity index (χ0v) is 15.6. The maximum Gasteiger partial charge on any atom is 0.253 e. The lowest BCUT2D eigenvalue weighted by atomic mass is 10.0. The van der Waals surface area contributed by atoms with Crippen LogP contribution in [0.4, 0.5) is 0 Å². The first-order valence-electron chi connectivity index (χ1n) is 9.31. The summed E-state index contributed by atoms with van der Waals surface area (Å²) in [7, 11) is 0. The molecule has 0 spiro atoms. The van der Waals surface area contributed by atoms with Crippen molar-refractivity contribution in [1.29, 1.82) is 0 Å². The fourth-order valence-electron chi connectivity index (χ4n) is 3.35. The maximum atomic E-state index is 12.7. The van der Waals surface area contributed by atoms with Gasteiger partial charge in [-0.1, -0.05) is 26.0 Å². The van der Waals surface area contributed by atoms with Gasteiger partial charge in [0.25, 0.3) is 5.91 Å². The Balaban J connectivity index is 1.52. The summed E-state index contributed by atoms with van der Waals surface area (Å²) in [5.74, 6) is 0.767. The average Bonchev–Trinajstić information content (AvgIpc) is 3.14. The van der Waals surface area contributed by atoms with Crippen molar-refractivity contribution in [2.24, 2.45) is 5.92 Å². The molecule has 5 heteroatoms. The first-order valence-corrected chi connectivity index (χ1v) is 9.31. The smallest absolute Gasteiger partial charge is 0.253 e. The molecular formula is C21H27N3O2. The predicted molar refractivity (Wildman–Crippen MR) is 102 cm³/mol. The van der Waals surface area contributed by atoms with E-state index in [-0.39, 0.29) is 11.8 Å². The van der Waals surface area contributed by atoms with Crippen LogP contribution in [0.25, 0.3) is 0 Å². The molecule has 0 aliphatic carbocycles. The number of nitrogens with one attached hydrogen (secondary N) is 1. The zero-order valence-electron chi connectivity index (χ0n) is 15.6. The van der Waals surface area contributed by atoms with Crippen LogP contribution in [0.15, 0.2) is 42.6 Å². The first kappa shape index (κ1) is 18.2. The second kappa shape index (κ2) is 8.21. The fourth-order valence-corrected chi connectivity index (χ4v) is 3.35. The summed E-state index contributed by atoms with van der Waals surface area (Å²) < 4.78 is 0. The van der Waals surface area contributed by atoms with Gasteiger partial charge in [-0.05, 0) is 42.2 Å². The van der Waals surface area contributed by atoms with Crippen LogP contribution in [0.2, 0.25) is 0 Å². The van der Waals surface area contributed by atoms with E-state index in [0.717, 1.165) is 17.7 Å². The Hall–Kier alpha value is -2.56. The van der Waals surface area contributed by atoms with Crippen LogP contribution in [0.5, 0.6) is 0 Å². The number of hydrogen-bond acceptors (Lipinski definition) is 2. The van der Waals surface area contributed by atoms with Crippen LogP contribution in [0.1, 0.15) is 35.5 Å². The van der Waals surface area contributed by atoms with E-state index in [9.17, 15) is 9.59 Å². The number of carbonyl (C=O) groups is 2. The molecule has 1 aliphatic heterocycles. The van der Waals surface area contributed by atoms with E-state index in [4.69, 9.17) is 0 Å². The second-order valence-electron chi connectivity index (χ2n) is 7.34. The molecule has 0 atom stereocenters. The van der Waals surface area contributed by atoms with E-state index >= 15 is 0 Å². The fraction of sp³-hybridized carbons (Fsp3) is 0.429. The van der Waals surface area contributed by atoms with Crippen LogP contribution in [-0.2, 0) is 17.6 Å². The van der Waals surface area contributed by atoms with Gasteiger partial charge in [0.2, 0.25) is 5.91 Å². The van der Waals surface area contributed by atoms with Crippen molar-refractivity contribution in [2.75, 3.05) is 26.2 Å². The molecule has 2 amide bonds. The van der Waals surface area contributed by atoms with Gasteiger partial charge in [0.1, 0.15) is 0 Å². The molecule has 0 unspecified atom stereocenters. The lowest BCUT2D eigenvalue weighted by molar-refractivity contribution is -0.132. The molecule has 2 aromatic rings. The monoisotopic (exact) mass is 353 g/mol. The van der Waals surface area contributed by atoms with Gasteiger partial charge in [0.15, 0.2) is 0 Å². The summed E-state index contributed by atoms with van der Waals surface area (Å²) >= 11 is 0. The molecule has 138 valence electrons. The van der Waals surface area contributed by atoms with Crippen molar-refractivity contribution >= 4 is 11.8 Å². The molecule has 1 aliphatic rings. The summed E-state index contributed by atoms with van der Waals surface area (Å²) in [5.41, 5.74) is 2.91. The van der Waals surface area contributed by atoms with E-state index < -0.39 is 0 Å². The van der Waals surface area contributed by atoms with E-state index in [1.54, 1.807) is 0 Å². The lowest BCUT2D eigenvalue weighted by Crippen LogP contribution is -2.51. The molecule has 2 heterocycles. The van der Waals surface area contributed by atoms with Crippen LogP contribution in [-0.4, -0.2) is 52.8 Å². The number of piperazine rings is 1. The highest BCUT2D eigenvalue weighted by atomic mass is 16.2. The Labute approximate surface area is 155 Å². The summed E-state index contributed by atoms with van der Waals surface area (Å²) in [6.07, 6.45) is 3.24. The number of nitrogens with zero attached hydrogens (tertiary/aromatic N) is 2. The number of carbonyl (C=O) groups excluding carboxylic acids is 2. The summed E-state index contributed by atoms with van der Waals surface area (Å²) in [5, 5.41) is 0. The third-order valence-electron chi connectivity index (χ3n) is 4.77. The van der Waals surface area contributed by atoms with Crippen molar-refractivity contribution < 1.29 is 9.59 Å². The molecule has 1 saturated heterocycles. The van der Waals surface area contributed by atoms with Gasteiger partial charge in [-0.25, -0.2) is 0 Å². The number of amides is 2. The Morgan fingerprint density at radius 1 is 1.00 bits per heavy atom. The molecule has 1 fully saturated rings. The lowest BCUT2D eigenvalue weighted by Gasteiger charge is -2.34. The molecule has 26 heavy (non-hydrogen) atoms. The van der Waals surface area contributed by atoms with Gasteiger partial charge < -0.3 is 14.8 Å². The minimum absolute atomic E-state index is 0.0533. The molecular weight excluding hydrogens is 326 g/mol. The quantitative estimate of drug-likeness (QED) is 0.899. The Kier molecular flexibility index (Phi) is 5.76. The SMILES string of the molecule is CC(C)Cc1ccc(C(=O)N2CCN(C(=O)Cc3ccc[nH]3)CC2)cc1. The molecule has 0 bridgehead atoms. The summed E-state index contributed by atoms with van der Waals surface area (Å²) in [4.78, 5) is 31.8. The van der Waals surface area contributed by atoms with Gasteiger partial charge in [-0.15, -0.1) is 0 Å². The Bertz CT molecular complexity index is 727. The van der Waals surface area contributed by atoms with Gasteiger partial charge in [-0.2, -0.15) is 0 Å². The molecule has 3 rings (SSSR count). The predicted octanol–water partition coefficient (Wildman–Crippen LogP) is 2.74. The second-order valence-corrected chi connectivity index (χ2v) is 7.34. The van der Waals surface area contributed by atoms with Crippen molar-refractivity contribution in [3.05, 3.63) is 59.4 Å². The minimum atomic E-state index is 0.0533. The summed E-state index contributed by atoms with van der Waals surface area (Å²) in [6.45, 7) is 6.74. The Morgan fingerprint density at radius 2 is 1.65 bits per heavy atom. The number of rotatable bonds is 5. The number of aromatic nitrogens is 1. The normalized spacial score (nSPS) is 14.7. The number of benzene rings is 1. The van der Waals surface area contributed by atoms with Crippen LogP contribution in [0.3, 0.4) is 0 Å². The van der Waals surface area contributed by atoms with Crippen molar-refractivity contribution in [3.63, 3.8) is 0 Å². The van der Waals surface area contributed by atoms with Gasteiger partial charge >= 0.3 is 0 Å². The van der Waals surface area contributed by atoms with E-state index in [1.807, 2.05) is 52.4 Å².